The number of Topliss-reactive ketones (excluding diaryl/α,β-unsaturated/α-hetero) is 1. The molecule has 1 fully saturated rings. The molecule has 252 valence electrons. The van der Waals surface area contributed by atoms with Crippen LogP contribution in [0.1, 0.15) is 49.4 Å². The van der Waals surface area contributed by atoms with Crippen molar-refractivity contribution in [2.75, 3.05) is 26.7 Å². The summed E-state index contributed by atoms with van der Waals surface area (Å²) in [6.45, 7) is 2.01. The van der Waals surface area contributed by atoms with Crippen LogP contribution in [-0.2, 0) is 37.5 Å². The third-order valence-electron chi connectivity index (χ3n) is 8.25. The van der Waals surface area contributed by atoms with E-state index < -0.39 is 35.5 Å². The molecular formula is C33H38F3N5O6. The number of benzene rings is 2. The van der Waals surface area contributed by atoms with Crippen molar-refractivity contribution in [1.82, 2.24) is 25.2 Å². The van der Waals surface area contributed by atoms with Crippen molar-refractivity contribution in [3.8, 4) is 5.75 Å². The van der Waals surface area contributed by atoms with Crippen molar-refractivity contribution in [2.45, 2.75) is 63.1 Å². The predicted octanol–water partition coefficient (Wildman–Crippen LogP) is 4.53. The van der Waals surface area contributed by atoms with Crippen molar-refractivity contribution >= 4 is 23.7 Å². The van der Waals surface area contributed by atoms with Gasteiger partial charge >= 0.3 is 18.2 Å². The molecule has 1 aromatic heterocycles. The number of alkyl halides is 3. The molecule has 0 aliphatic carbocycles. The van der Waals surface area contributed by atoms with Gasteiger partial charge in [0.25, 0.3) is 0 Å². The van der Waals surface area contributed by atoms with Crippen LogP contribution in [0.2, 0.25) is 0 Å². The predicted molar refractivity (Wildman–Crippen MR) is 164 cm³/mol. The van der Waals surface area contributed by atoms with E-state index in [0.29, 0.717) is 29.8 Å². The number of nitrogens with one attached hydrogen (secondary N) is 2. The average Bonchev–Trinajstić information content (AvgIpc) is 3.60. The van der Waals surface area contributed by atoms with Crippen LogP contribution in [0, 0.1) is 0 Å². The van der Waals surface area contributed by atoms with E-state index in [9.17, 15) is 32.3 Å². The fourth-order valence-corrected chi connectivity index (χ4v) is 5.72. The van der Waals surface area contributed by atoms with Gasteiger partial charge in [0.15, 0.2) is 6.04 Å². The summed E-state index contributed by atoms with van der Waals surface area (Å²) >= 11 is 0. The first-order chi connectivity index (χ1) is 22.5. The Hall–Kier alpha value is -4.88. The molecule has 11 nitrogen and oxygen atoms in total. The summed E-state index contributed by atoms with van der Waals surface area (Å²) in [7, 11) is 1.46. The van der Waals surface area contributed by atoms with Crippen molar-refractivity contribution in [2.24, 2.45) is 0 Å². The SMILES string of the molecule is CCCC(=O)C1(c2ccccc2)CCN(C(=O)[C@H](Cc2ccc(OC)cc2)N(OC(=O)C(F)(F)F)C(=O)NCCc2c[nH]cn2)CC1. The second-order valence-corrected chi connectivity index (χ2v) is 11.3. The van der Waals surface area contributed by atoms with E-state index in [2.05, 4.69) is 20.1 Å². The minimum atomic E-state index is -5.44. The van der Waals surface area contributed by atoms with Gasteiger partial charge in [-0.1, -0.05) is 49.4 Å². The number of halogens is 3. The number of carbonyl (C=O) groups is 4. The van der Waals surface area contributed by atoms with Gasteiger partial charge in [0.1, 0.15) is 11.5 Å². The molecule has 0 saturated carbocycles. The zero-order valence-electron chi connectivity index (χ0n) is 26.2. The summed E-state index contributed by atoms with van der Waals surface area (Å²) in [4.78, 5) is 66.0. The van der Waals surface area contributed by atoms with Gasteiger partial charge in [-0.15, -0.1) is 5.06 Å². The van der Waals surface area contributed by atoms with Crippen molar-refractivity contribution in [3.63, 3.8) is 0 Å². The van der Waals surface area contributed by atoms with Crippen molar-refractivity contribution in [3.05, 3.63) is 83.9 Å². The van der Waals surface area contributed by atoms with Gasteiger partial charge in [-0.25, -0.2) is 14.6 Å². The molecule has 1 aliphatic heterocycles. The lowest BCUT2D eigenvalue weighted by Gasteiger charge is -2.43. The topological polar surface area (TPSA) is 134 Å². The molecule has 3 amide bonds. The first kappa shape index (κ1) is 35.0. The highest BCUT2D eigenvalue weighted by molar-refractivity contribution is 5.92. The monoisotopic (exact) mass is 657 g/mol. The number of urea groups is 1. The highest BCUT2D eigenvalue weighted by Crippen LogP contribution is 2.38. The Kier molecular flexibility index (Phi) is 11.6. The highest BCUT2D eigenvalue weighted by atomic mass is 19.4. The number of imidazole rings is 1. The van der Waals surface area contributed by atoms with Crippen LogP contribution in [0.4, 0.5) is 18.0 Å². The fourth-order valence-electron chi connectivity index (χ4n) is 5.72. The number of H-pyrrole nitrogens is 1. The molecule has 2 aromatic carbocycles. The highest BCUT2D eigenvalue weighted by Gasteiger charge is 2.48. The van der Waals surface area contributed by atoms with Gasteiger partial charge in [0.05, 0.1) is 24.5 Å². The van der Waals surface area contributed by atoms with Gasteiger partial charge in [-0.3, -0.25) is 9.59 Å². The molecule has 0 bridgehead atoms. The van der Waals surface area contributed by atoms with Gasteiger partial charge in [0, 0.05) is 45.1 Å². The fraction of sp³-hybridized carbons (Fsp3) is 0.424. The van der Waals surface area contributed by atoms with Gasteiger partial charge in [0.2, 0.25) is 5.91 Å². The smallest absolute Gasteiger partial charge is 0.493 e. The first-order valence-corrected chi connectivity index (χ1v) is 15.3. The van der Waals surface area contributed by atoms with Gasteiger partial charge in [-0.2, -0.15) is 13.2 Å². The summed E-state index contributed by atoms with van der Waals surface area (Å²) in [6.07, 6.45) is -0.953. The van der Waals surface area contributed by atoms with Crippen molar-refractivity contribution in [1.29, 1.82) is 0 Å². The van der Waals surface area contributed by atoms with Crippen LogP contribution in [-0.4, -0.2) is 82.6 Å². The second kappa shape index (κ2) is 15.6. The Morgan fingerprint density at radius 2 is 1.74 bits per heavy atom. The summed E-state index contributed by atoms with van der Waals surface area (Å²) in [5.41, 5.74) is 1.03. The lowest BCUT2D eigenvalue weighted by Crippen LogP contribution is -2.58. The van der Waals surface area contributed by atoms with Crippen LogP contribution in [0.15, 0.2) is 67.1 Å². The van der Waals surface area contributed by atoms with Crippen LogP contribution >= 0.6 is 0 Å². The number of ketones is 1. The maximum atomic E-state index is 14.2. The molecule has 0 unspecified atom stereocenters. The standard InChI is InChI=1S/C33H38F3N5O6/c1-3-7-28(42)32(24-8-5-4-6-9-24)15-18-40(19-16-32)29(43)27(20-23-10-12-26(46-2)13-11-23)41(47-30(44)33(34,35)36)31(45)38-17-14-25-21-37-22-39-25/h4-6,8-13,21-22,27H,3,7,14-20H2,1-2H3,(H,37,39)(H,38,45)/t27-/m0/s1. The molecule has 1 saturated heterocycles. The number of amides is 3. The number of ether oxygens (including phenoxy) is 1. The summed E-state index contributed by atoms with van der Waals surface area (Å²) in [5.74, 6) is -2.84. The van der Waals surface area contributed by atoms with Crippen LogP contribution in [0.5, 0.6) is 5.75 Å². The van der Waals surface area contributed by atoms with E-state index in [0.717, 1.165) is 5.56 Å². The Labute approximate surface area is 270 Å². The zero-order chi connectivity index (χ0) is 34.0. The number of aromatic nitrogens is 2. The van der Waals surface area contributed by atoms with Crippen LogP contribution in [0.25, 0.3) is 0 Å². The minimum absolute atomic E-state index is 0.0464. The molecule has 4 rings (SSSR count). The van der Waals surface area contributed by atoms with E-state index in [-0.39, 0.29) is 56.2 Å². The number of methoxy groups -OCH3 is 1. The molecule has 2 N–H and O–H groups in total. The number of carbonyl (C=O) groups excluding carboxylic acids is 4. The number of hydroxylamine groups is 2. The van der Waals surface area contributed by atoms with E-state index >= 15 is 0 Å². The number of nitrogens with zero attached hydrogens (tertiary/aromatic N) is 3. The van der Waals surface area contributed by atoms with E-state index in [4.69, 9.17) is 4.74 Å². The number of hydrogen-bond acceptors (Lipinski definition) is 7. The molecule has 3 aromatic rings. The van der Waals surface area contributed by atoms with Crippen molar-refractivity contribution < 1.29 is 41.9 Å². The maximum absolute atomic E-state index is 14.2. The lowest BCUT2D eigenvalue weighted by molar-refractivity contribution is -0.234. The van der Waals surface area contributed by atoms with E-state index in [1.54, 1.807) is 30.5 Å². The molecule has 0 radical (unpaired) electrons. The third-order valence-corrected chi connectivity index (χ3v) is 8.25. The maximum Gasteiger partial charge on any atom is 0.493 e. The molecule has 1 atom stereocenters. The average molecular weight is 658 g/mol. The normalized spacial score (nSPS) is 15.0. The first-order valence-electron chi connectivity index (χ1n) is 15.3. The summed E-state index contributed by atoms with van der Waals surface area (Å²) in [6, 6.07) is 12.8. The van der Waals surface area contributed by atoms with Crippen LogP contribution < -0.4 is 10.1 Å². The number of hydrogen-bond donors (Lipinski definition) is 2. The second-order valence-electron chi connectivity index (χ2n) is 11.3. The quantitative estimate of drug-likeness (QED) is 0.274. The van der Waals surface area contributed by atoms with E-state index in [1.807, 2.05) is 37.3 Å². The Balaban J connectivity index is 1.64. The Bertz CT molecular complexity index is 1490. The number of rotatable bonds is 12. The van der Waals surface area contributed by atoms with Crippen LogP contribution in [0.3, 0.4) is 0 Å². The van der Waals surface area contributed by atoms with Gasteiger partial charge in [-0.05, 0) is 42.5 Å². The molecule has 14 heteroatoms. The Morgan fingerprint density at radius 1 is 1.06 bits per heavy atom. The zero-order valence-corrected chi connectivity index (χ0v) is 26.2. The minimum Gasteiger partial charge on any atom is -0.497 e. The number of aromatic amines is 1. The summed E-state index contributed by atoms with van der Waals surface area (Å²) < 4.78 is 45.5. The van der Waals surface area contributed by atoms with Gasteiger partial charge < -0.3 is 24.8 Å². The van der Waals surface area contributed by atoms with E-state index in [1.165, 1.54) is 18.3 Å². The molecule has 2 heterocycles. The summed E-state index contributed by atoms with van der Waals surface area (Å²) in [5, 5.41) is 2.61. The third kappa shape index (κ3) is 8.69. The number of likely N-dealkylation sites (tertiary alicyclic amines) is 1. The largest absolute Gasteiger partial charge is 0.497 e. The molecule has 0 spiro atoms. The Morgan fingerprint density at radius 3 is 2.32 bits per heavy atom. The lowest BCUT2D eigenvalue weighted by atomic mass is 9.68. The molecule has 1 aliphatic rings. The molecular weight excluding hydrogens is 619 g/mol. The number of piperidine rings is 1. The molecule has 47 heavy (non-hydrogen) atoms.